The van der Waals surface area contributed by atoms with Gasteiger partial charge in [-0.1, -0.05) is 48.5 Å². The summed E-state index contributed by atoms with van der Waals surface area (Å²) in [5.74, 6) is -0.176. The predicted octanol–water partition coefficient (Wildman–Crippen LogP) is 4.33. The first-order valence-electron chi connectivity index (χ1n) is 8.33. The van der Waals surface area contributed by atoms with Gasteiger partial charge in [0.2, 0.25) is 5.91 Å². The monoisotopic (exact) mass is 361 g/mol. The quantitative estimate of drug-likeness (QED) is 0.687. The molecule has 0 spiro atoms. The van der Waals surface area contributed by atoms with Gasteiger partial charge in [0, 0.05) is 4.88 Å². The molecule has 0 saturated carbocycles. The molecule has 130 valence electrons. The van der Waals surface area contributed by atoms with Crippen molar-refractivity contribution in [2.45, 2.75) is 19.0 Å². The van der Waals surface area contributed by atoms with E-state index in [9.17, 15) is 10.1 Å². The number of nitriles is 1. The molecule has 0 unspecified atom stereocenters. The first-order chi connectivity index (χ1) is 12.7. The van der Waals surface area contributed by atoms with Crippen LogP contribution in [0.5, 0.6) is 0 Å². The molecular formula is C21H19N3OS. The molecule has 0 bridgehead atoms. The Morgan fingerprint density at radius 1 is 1.04 bits per heavy atom. The summed E-state index contributed by atoms with van der Waals surface area (Å²) in [6, 6.07) is 22.7. The van der Waals surface area contributed by atoms with Crippen LogP contribution in [0.1, 0.15) is 29.0 Å². The lowest BCUT2D eigenvalue weighted by Crippen LogP contribution is -2.40. The summed E-state index contributed by atoms with van der Waals surface area (Å²) < 4.78 is 0. The van der Waals surface area contributed by atoms with E-state index in [0.717, 1.165) is 10.4 Å². The van der Waals surface area contributed by atoms with Crippen LogP contribution >= 0.6 is 11.3 Å². The Balaban J connectivity index is 1.77. The van der Waals surface area contributed by atoms with Crippen molar-refractivity contribution >= 4 is 22.9 Å². The van der Waals surface area contributed by atoms with E-state index >= 15 is 0 Å². The molecule has 0 saturated heterocycles. The number of carbonyl (C=O) groups is 1. The van der Waals surface area contributed by atoms with Gasteiger partial charge in [0.25, 0.3) is 0 Å². The summed E-state index contributed by atoms with van der Waals surface area (Å²) in [6.07, 6.45) is 0. The third-order valence-electron chi connectivity index (χ3n) is 4.08. The lowest BCUT2D eigenvalue weighted by atomic mass is 10.0. The third kappa shape index (κ3) is 4.17. The number of hydrogen-bond acceptors (Lipinski definition) is 4. The number of para-hydroxylation sites is 1. The van der Waals surface area contributed by atoms with Gasteiger partial charge in [-0.25, -0.2) is 0 Å². The Morgan fingerprint density at radius 2 is 1.77 bits per heavy atom. The molecule has 0 aliphatic heterocycles. The predicted molar refractivity (Wildman–Crippen MR) is 105 cm³/mol. The standard InChI is InChI=1S/C21H19N3OS/c1-15(21(25)24-18-11-6-5-10-17(18)14-22)23-20(19-12-7-13-26-19)16-8-3-2-4-9-16/h2-13,15,20,23H,1H3,(H,24,25)/t15-,20+/m0/s1. The molecule has 2 atom stereocenters. The fourth-order valence-electron chi connectivity index (χ4n) is 2.70. The van der Waals surface area contributed by atoms with Crippen molar-refractivity contribution in [2.75, 3.05) is 5.32 Å². The highest BCUT2D eigenvalue weighted by Gasteiger charge is 2.22. The molecule has 0 aliphatic rings. The average molecular weight is 361 g/mol. The summed E-state index contributed by atoms with van der Waals surface area (Å²) in [5.41, 5.74) is 2.08. The Morgan fingerprint density at radius 3 is 2.46 bits per heavy atom. The maximum atomic E-state index is 12.6. The van der Waals surface area contributed by atoms with Gasteiger partial charge >= 0.3 is 0 Å². The molecular weight excluding hydrogens is 342 g/mol. The zero-order valence-corrected chi connectivity index (χ0v) is 15.2. The number of nitrogens with one attached hydrogen (secondary N) is 2. The zero-order valence-electron chi connectivity index (χ0n) is 14.3. The number of carbonyl (C=O) groups excluding carboxylic acids is 1. The van der Waals surface area contributed by atoms with Crippen LogP contribution in [-0.4, -0.2) is 11.9 Å². The van der Waals surface area contributed by atoms with Gasteiger partial charge < -0.3 is 5.32 Å². The van der Waals surface area contributed by atoms with Crippen molar-refractivity contribution in [3.63, 3.8) is 0 Å². The normalized spacial score (nSPS) is 12.8. The number of amides is 1. The van der Waals surface area contributed by atoms with Crippen LogP contribution < -0.4 is 10.6 Å². The topological polar surface area (TPSA) is 64.9 Å². The van der Waals surface area contributed by atoms with Gasteiger partial charge in [-0.15, -0.1) is 11.3 Å². The van der Waals surface area contributed by atoms with Gasteiger partial charge in [0.1, 0.15) is 6.07 Å². The van der Waals surface area contributed by atoms with E-state index in [-0.39, 0.29) is 11.9 Å². The molecule has 1 aromatic heterocycles. The summed E-state index contributed by atoms with van der Waals surface area (Å²) >= 11 is 1.65. The smallest absolute Gasteiger partial charge is 0.241 e. The average Bonchev–Trinajstić information content (AvgIpc) is 3.21. The fourth-order valence-corrected chi connectivity index (χ4v) is 3.51. The van der Waals surface area contributed by atoms with Crippen LogP contribution in [0.2, 0.25) is 0 Å². The van der Waals surface area contributed by atoms with E-state index in [2.05, 4.69) is 22.8 Å². The molecule has 5 heteroatoms. The van der Waals surface area contributed by atoms with Crippen LogP contribution in [0.15, 0.2) is 72.1 Å². The SMILES string of the molecule is C[C@H](N[C@H](c1ccccc1)c1cccs1)C(=O)Nc1ccccc1C#N. The van der Waals surface area contributed by atoms with Crippen molar-refractivity contribution in [3.05, 3.63) is 88.1 Å². The van der Waals surface area contributed by atoms with E-state index in [1.54, 1.807) is 35.6 Å². The second-order valence-electron chi connectivity index (χ2n) is 5.89. The minimum absolute atomic E-state index is 0.0665. The van der Waals surface area contributed by atoms with Crippen molar-refractivity contribution in [1.29, 1.82) is 5.26 Å². The van der Waals surface area contributed by atoms with Crippen LogP contribution in [0, 0.1) is 11.3 Å². The van der Waals surface area contributed by atoms with Gasteiger partial charge in [-0.05, 0) is 36.1 Å². The van der Waals surface area contributed by atoms with Crippen LogP contribution in [0.3, 0.4) is 0 Å². The molecule has 2 N–H and O–H groups in total. The molecule has 1 amide bonds. The van der Waals surface area contributed by atoms with Gasteiger partial charge in [0.05, 0.1) is 23.3 Å². The number of benzene rings is 2. The van der Waals surface area contributed by atoms with Crippen LogP contribution in [-0.2, 0) is 4.79 Å². The summed E-state index contributed by atoms with van der Waals surface area (Å²) in [7, 11) is 0. The van der Waals surface area contributed by atoms with Crippen molar-refractivity contribution in [3.8, 4) is 6.07 Å². The molecule has 4 nitrogen and oxygen atoms in total. The summed E-state index contributed by atoms with van der Waals surface area (Å²) in [6.45, 7) is 1.83. The second kappa shape index (κ2) is 8.43. The lowest BCUT2D eigenvalue weighted by Gasteiger charge is -2.23. The largest absolute Gasteiger partial charge is 0.324 e. The molecule has 2 aromatic carbocycles. The van der Waals surface area contributed by atoms with Crippen molar-refractivity contribution in [1.82, 2.24) is 5.32 Å². The Hall–Kier alpha value is -2.94. The minimum atomic E-state index is -0.436. The van der Waals surface area contributed by atoms with E-state index in [0.29, 0.717) is 11.3 Å². The summed E-state index contributed by atoms with van der Waals surface area (Å²) in [4.78, 5) is 13.8. The number of nitrogens with zero attached hydrogens (tertiary/aromatic N) is 1. The zero-order chi connectivity index (χ0) is 18.4. The fraction of sp³-hybridized carbons (Fsp3) is 0.143. The van der Waals surface area contributed by atoms with Crippen LogP contribution in [0.4, 0.5) is 5.69 Å². The number of hydrogen-bond donors (Lipinski definition) is 2. The lowest BCUT2D eigenvalue weighted by molar-refractivity contribution is -0.117. The molecule has 1 heterocycles. The third-order valence-corrected chi connectivity index (χ3v) is 5.01. The first kappa shape index (κ1) is 17.9. The molecule has 3 rings (SSSR count). The Bertz CT molecular complexity index is 901. The Kier molecular flexibility index (Phi) is 5.80. The van der Waals surface area contributed by atoms with Crippen molar-refractivity contribution < 1.29 is 4.79 Å². The van der Waals surface area contributed by atoms with Crippen LogP contribution in [0.25, 0.3) is 0 Å². The molecule has 0 aliphatic carbocycles. The molecule has 0 radical (unpaired) electrons. The number of anilines is 1. The molecule has 3 aromatic rings. The maximum Gasteiger partial charge on any atom is 0.241 e. The van der Waals surface area contributed by atoms with E-state index < -0.39 is 6.04 Å². The molecule has 26 heavy (non-hydrogen) atoms. The van der Waals surface area contributed by atoms with Gasteiger partial charge in [0.15, 0.2) is 0 Å². The number of thiophene rings is 1. The number of rotatable bonds is 6. The van der Waals surface area contributed by atoms with E-state index in [1.807, 2.05) is 48.7 Å². The minimum Gasteiger partial charge on any atom is -0.324 e. The Labute approximate surface area is 157 Å². The van der Waals surface area contributed by atoms with Gasteiger partial charge in [-0.3, -0.25) is 10.1 Å². The second-order valence-corrected chi connectivity index (χ2v) is 6.87. The highest BCUT2D eigenvalue weighted by Crippen LogP contribution is 2.26. The van der Waals surface area contributed by atoms with E-state index in [1.165, 1.54) is 0 Å². The molecule has 0 fully saturated rings. The van der Waals surface area contributed by atoms with Crippen molar-refractivity contribution in [2.24, 2.45) is 0 Å². The highest BCUT2D eigenvalue weighted by atomic mass is 32.1. The maximum absolute atomic E-state index is 12.6. The van der Waals surface area contributed by atoms with Gasteiger partial charge in [-0.2, -0.15) is 5.26 Å². The highest BCUT2D eigenvalue weighted by molar-refractivity contribution is 7.10. The summed E-state index contributed by atoms with van der Waals surface area (Å²) in [5, 5.41) is 17.5. The van der Waals surface area contributed by atoms with E-state index in [4.69, 9.17) is 0 Å². The first-order valence-corrected chi connectivity index (χ1v) is 9.21.